The number of aromatic nitrogens is 1. The fourth-order valence-electron chi connectivity index (χ4n) is 0.990. The lowest BCUT2D eigenvalue weighted by Gasteiger charge is -2.08. The molecule has 1 rings (SSSR count). The average molecular weight is 153 g/mol. The van der Waals surface area contributed by atoms with Crippen molar-refractivity contribution < 1.29 is 4.79 Å². The molecule has 1 aromatic rings. The molecule has 0 radical (unpaired) electrons. The highest BCUT2D eigenvalue weighted by Crippen LogP contribution is 2.09. The Kier molecular flexibility index (Phi) is 2.28. The molecule has 0 bridgehead atoms. The van der Waals surface area contributed by atoms with Crippen molar-refractivity contribution in [3.63, 3.8) is 0 Å². The normalized spacial score (nSPS) is 12.8. The Bertz CT molecular complexity index is 230. The van der Waals surface area contributed by atoms with Crippen molar-refractivity contribution in [1.82, 2.24) is 10.3 Å². The molecule has 0 aliphatic carbocycles. The zero-order valence-electron chi connectivity index (χ0n) is 6.29. The lowest BCUT2D eigenvalue weighted by atomic mass is 10.1. The van der Waals surface area contributed by atoms with E-state index in [1.54, 1.807) is 19.4 Å². The molecule has 1 atom stereocenters. The van der Waals surface area contributed by atoms with E-state index in [0.717, 1.165) is 5.56 Å². The summed E-state index contributed by atoms with van der Waals surface area (Å²) in [7, 11) is 1.70. The number of amides is 1. The van der Waals surface area contributed by atoms with Gasteiger partial charge >= 0.3 is 0 Å². The van der Waals surface area contributed by atoms with Crippen molar-refractivity contribution in [2.24, 2.45) is 5.73 Å². The van der Waals surface area contributed by atoms with Crippen LogP contribution in [0.5, 0.6) is 0 Å². The maximum atomic E-state index is 10.8. The summed E-state index contributed by atoms with van der Waals surface area (Å²) >= 11 is 0. The first-order chi connectivity index (χ1) is 5.25. The molecular weight excluding hydrogens is 142 g/mol. The molecule has 0 aromatic carbocycles. The second-order valence-corrected chi connectivity index (χ2v) is 2.27. The van der Waals surface area contributed by atoms with Gasteiger partial charge in [0.2, 0.25) is 5.91 Å². The van der Waals surface area contributed by atoms with Gasteiger partial charge in [-0.05, 0) is 18.7 Å². The number of hydrogen-bond donors (Lipinski definition) is 3. The van der Waals surface area contributed by atoms with Crippen LogP contribution in [0.15, 0.2) is 18.5 Å². The van der Waals surface area contributed by atoms with E-state index in [9.17, 15) is 4.79 Å². The van der Waals surface area contributed by atoms with E-state index in [-0.39, 0.29) is 11.9 Å². The fraction of sp³-hybridized carbons (Fsp3) is 0.286. The molecule has 4 nitrogen and oxygen atoms in total. The van der Waals surface area contributed by atoms with Gasteiger partial charge in [0.25, 0.3) is 0 Å². The first-order valence-electron chi connectivity index (χ1n) is 3.35. The first kappa shape index (κ1) is 7.81. The summed E-state index contributed by atoms with van der Waals surface area (Å²) in [5, 5.41) is 2.81. The predicted molar refractivity (Wildman–Crippen MR) is 41.8 cm³/mol. The Morgan fingerprint density at radius 1 is 1.82 bits per heavy atom. The van der Waals surface area contributed by atoms with Crippen molar-refractivity contribution in [2.75, 3.05) is 7.05 Å². The monoisotopic (exact) mass is 153 g/mol. The molecule has 4 N–H and O–H groups in total. The molecule has 60 valence electrons. The number of H-pyrrole nitrogens is 1. The van der Waals surface area contributed by atoms with Gasteiger partial charge in [0.05, 0.1) is 0 Å². The molecule has 1 unspecified atom stereocenters. The largest absolute Gasteiger partial charge is 0.368 e. The lowest BCUT2D eigenvalue weighted by Crippen LogP contribution is -2.30. The number of nitrogens with two attached hydrogens (primary N) is 1. The van der Waals surface area contributed by atoms with E-state index in [1.807, 2.05) is 6.07 Å². The molecule has 0 saturated carbocycles. The number of carbonyl (C=O) groups excluding carboxylic acids is 1. The maximum Gasteiger partial charge on any atom is 0.239 e. The molecule has 1 heterocycles. The third kappa shape index (κ3) is 1.59. The van der Waals surface area contributed by atoms with Crippen LogP contribution < -0.4 is 11.1 Å². The number of likely N-dealkylation sites (N-methyl/N-ethyl adjacent to an activating group) is 1. The van der Waals surface area contributed by atoms with Crippen LogP contribution in [0.1, 0.15) is 11.6 Å². The molecule has 0 saturated heterocycles. The second kappa shape index (κ2) is 3.21. The highest BCUT2D eigenvalue weighted by Gasteiger charge is 2.14. The fourth-order valence-corrected chi connectivity index (χ4v) is 0.990. The number of primary amides is 1. The van der Waals surface area contributed by atoms with Crippen LogP contribution in [-0.2, 0) is 4.79 Å². The minimum Gasteiger partial charge on any atom is -0.368 e. The van der Waals surface area contributed by atoms with Gasteiger partial charge in [-0.3, -0.25) is 4.79 Å². The summed E-state index contributed by atoms with van der Waals surface area (Å²) in [5.74, 6) is -0.368. The number of rotatable bonds is 3. The zero-order valence-corrected chi connectivity index (χ0v) is 6.29. The van der Waals surface area contributed by atoms with Gasteiger partial charge < -0.3 is 16.0 Å². The van der Waals surface area contributed by atoms with Gasteiger partial charge in [-0.25, -0.2) is 0 Å². The van der Waals surface area contributed by atoms with Gasteiger partial charge in [0.1, 0.15) is 6.04 Å². The lowest BCUT2D eigenvalue weighted by molar-refractivity contribution is -0.120. The van der Waals surface area contributed by atoms with Crippen LogP contribution in [0.25, 0.3) is 0 Å². The molecule has 0 aliphatic heterocycles. The minimum absolute atomic E-state index is 0.368. The van der Waals surface area contributed by atoms with Gasteiger partial charge in [-0.15, -0.1) is 0 Å². The molecule has 4 heteroatoms. The Hall–Kier alpha value is -1.29. The standard InChI is InChI=1S/C7H11N3O/c1-9-6(7(8)11)5-2-3-10-4-5/h2-4,6,9-10H,1H3,(H2,8,11). The van der Waals surface area contributed by atoms with Gasteiger partial charge in [-0.2, -0.15) is 0 Å². The van der Waals surface area contributed by atoms with E-state index in [2.05, 4.69) is 10.3 Å². The predicted octanol–water partition coefficient (Wildman–Crippen LogP) is -0.240. The third-order valence-electron chi connectivity index (χ3n) is 1.53. The van der Waals surface area contributed by atoms with Crippen molar-refractivity contribution in [3.05, 3.63) is 24.0 Å². The van der Waals surface area contributed by atoms with Crippen molar-refractivity contribution in [1.29, 1.82) is 0 Å². The Labute approximate surface area is 64.8 Å². The molecular formula is C7H11N3O. The molecule has 11 heavy (non-hydrogen) atoms. The Morgan fingerprint density at radius 2 is 2.55 bits per heavy atom. The first-order valence-corrected chi connectivity index (χ1v) is 3.35. The summed E-state index contributed by atoms with van der Waals surface area (Å²) in [6, 6.07) is 1.42. The van der Waals surface area contributed by atoms with Crippen LogP contribution in [0.3, 0.4) is 0 Å². The van der Waals surface area contributed by atoms with E-state index in [1.165, 1.54) is 0 Å². The van der Waals surface area contributed by atoms with E-state index >= 15 is 0 Å². The van der Waals surface area contributed by atoms with Gasteiger partial charge in [-0.1, -0.05) is 0 Å². The number of carbonyl (C=O) groups is 1. The minimum atomic E-state index is -0.388. The third-order valence-corrected chi connectivity index (χ3v) is 1.53. The molecule has 0 aliphatic rings. The van der Waals surface area contributed by atoms with Crippen LogP contribution in [-0.4, -0.2) is 17.9 Å². The van der Waals surface area contributed by atoms with E-state index < -0.39 is 0 Å². The SMILES string of the molecule is CNC(C(N)=O)c1cc[nH]c1. The quantitative estimate of drug-likeness (QED) is 0.561. The molecule has 1 aromatic heterocycles. The second-order valence-electron chi connectivity index (χ2n) is 2.27. The van der Waals surface area contributed by atoms with E-state index in [0.29, 0.717) is 0 Å². The molecule has 0 spiro atoms. The summed E-state index contributed by atoms with van der Waals surface area (Å²) in [6.07, 6.45) is 3.49. The van der Waals surface area contributed by atoms with Crippen LogP contribution in [0.2, 0.25) is 0 Å². The van der Waals surface area contributed by atoms with Crippen molar-refractivity contribution in [3.8, 4) is 0 Å². The molecule has 1 amide bonds. The summed E-state index contributed by atoms with van der Waals surface area (Å²) < 4.78 is 0. The topological polar surface area (TPSA) is 70.9 Å². The van der Waals surface area contributed by atoms with Crippen LogP contribution in [0, 0.1) is 0 Å². The summed E-state index contributed by atoms with van der Waals surface area (Å²) in [6.45, 7) is 0. The molecule has 0 fully saturated rings. The highest BCUT2D eigenvalue weighted by molar-refractivity contribution is 5.81. The highest BCUT2D eigenvalue weighted by atomic mass is 16.1. The van der Waals surface area contributed by atoms with Crippen LogP contribution in [0.4, 0.5) is 0 Å². The van der Waals surface area contributed by atoms with Gasteiger partial charge in [0, 0.05) is 12.4 Å². The number of hydrogen-bond acceptors (Lipinski definition) is 2. The summed E-state index contributed by atoms with van der Waals surface area (Å²) in [5.41, 5.74) is 5.98. The van der Waals surface area contributed by atoms with Crippen molar-refractivity contribution >= 4 is 5.91 Å². The van der Waals surface area contributed by atoms with Crippen LogP contribution >= 0.6 is 0 Å². The van der Waals surface area contributed by atoms with Crippen molar-refractivity contribution in [2.45, 2.75) is 6.04 Å². The zero-order chi connectivity index (χ0) is 8.27. The average Bonchev–Trinajstić information content (AvgIpc) is 2.40. The summed E-state index contributed by atoms with van der Waals surface area (Å²) in [4.78, 5) is 13.6. The van der Waals surface area contributed by atoms with E-state index in [4.69, 9.17) is 5.73 Å². The smallest absolute Gasteiger partial charge is 0.239 e. The Morgan fingerprint density at radius 3 is 2.91 bits per heavy atom. The Balaban J connectivity index is 2.79. The maximum absolute atomic E-state index is 10.8. The number of aromatic amines is 1. The number of nitrogens with one attached hydrogen (secondary N) is 2. The van der Waals surface area contributed by atoms with Gasteiger partial charge in [0.15, 0.2) is 0 Å².